The van der Waals surface area contributed by atoms with Crippen LogP contribution in [0.15, 0.2) is 0 Å². The van der Waals surface area contributed by atoms with Crippen molar-refractivity contribution in [2.24, 2.45) is 0 Å². The first-order chi connectivity index (χ1) is 5.00. The summed E-state index contributed by atoms with van der Waals surface area (Å²) in [6.45, 7) is 12.3. The normalized spacial score (nSPS) is 10.5. The van der Waals surface area contributed by atoms with Gasteiger partial charge < -0.3 is 5.11 Å². The van der Waals surface area contributed by atoms with Crippen LogP contribution in [0.25, 0.3) is 0 Å². The third kappa shape index (κ3) is 2280. The van der Waals surface area contributed by atoms with Crippen LogP contribution in [0.5, 0.6) is 0 Å². The Labute approximate surface area is 88.8 Å². The van der Waals surface area contributed by atoms with Gasteiger partial charge in [0.15, 0.2) is 0 Å². The number of aliphatic hydroxyl groups excluding tert-OH is 1. The highest BCUT2D eigenvalue weighted by molar-refractivity contribution is 7.81. The SMILES string of the molecule is CC(C)(C)S.CC(C)(C)S.CO. The third-order valence-electron chi connectivity index (χ3n) is 0. The topological polar surface area (TPSA) is 20.2 Å². The average Bonchev–Trinajstić information content (AvgIpc) is 1.59. The molecule has 3 heteroatoms. The molecule has 0 aliphatic rings. The van der Waals surface area contributed by atoms with E-state index in [2.05, 4.69) is 66.8 Å². The van der Waals surface area contributed by atoms with E-state index in [4.69, 9.17) is 5.11 Å². The lowest BCUT2D eigenvalue weighted by Crippen LogP contribution is -1.99. The van der Waals surface area contributed by atoms with E-state index >= 15 is 0 Å². The van der Waals surface area contributed by atoms with Crippen molar-refractivity contribution in [2.75, 3.05) is 7.11 Å². The van der Waals surface area contributed by atoms with Gasteiger partial charge in [-0.3, -0.25) is 0 Å². The average molecular weight is 212 g/mol. The maximum absolute atomic E-state index is 7.00. The van der Waals surface area contributed by atoms with E-state index in [1.165, 1.54) is 0 Å². The van der Waals surface area contributed by atoms with Crippen molar-refractivity contribution in [3.63, 3.8) is 0 Å². The second-order valence-corrected chi connectivity index (χ2v) is 7.02. The van der Waals surface area contributed by atoms with Crippen molar-refractivity contribution < 1.29 is 5.11 Å². The Morgan fingerprint density at radius 3 is 0.667 bits per heavy atom. The lowest BCUT2D eigenvalue weighted by molar-refractivity contribution is 0.399. The van der Waals surface area contributed by atoms with Gasteiger partial charge in [-0.05, 0) is 0 Å². The largest absolute Gasteiger partial charge is 0.400 e. The first kappa shape index (κ1) is 18.4. The van der Waals surface area contributed by atoms with E-state index in [-0.39, 0.29) is 9.49 Å². The Bertz CT molecular complexity index is 55.5. The highest BCUT2D eigenvalue weighted by Gasteiger charge is 1.97. The molecule has 0 aromatic rings. The fourth-order valence-corrected chi connectivity index (χ4v) is 0. The van der Waals surface area contributed by atoms with Gasteiger partial charge in [0.05, 0.1) is 0 Å². The van der Waals surface area contributed by atoms with Gasteiger partial charge in [-0.1, -0.05) is 41.5 Å². The predicted octanol–water partition coefficient (Wildman–Crippen LogP) is 3.04. The smallest absolute Gasteiger partial charge is 0.0319 e. The summed E-state index contributed by atoms with van der Waals surface area (Å²) in [6.07, 6.45) is 0. The number of hydrogen-bond acceptors (Lipinski definition) is 3. The Balaban J connectivity index is -0.000000112. The van der Waals surface area contributed by atoms with Gasteiger partial charge in [0.25, 0.3) is 0 Å². The summed E-state index contributed by atoms with van der Waals surface area (Å²) in [5.41, 5.74) is 0. The Morgan fingerprint density at radius 2 is 0.667 bits per heavy atom. The van der Waals surface area contributed by atoms with E-state index in [0.717, 1.165) is 7.11 Å². The summed E-state index contributed by atoms with van der Waals surface area (Å²) in [5, 5.41) is 7.00. The van der Waals surface area contributed by atoms with Gasteiger partial charge >= 0.3 is 0 Å². The lowest BCUT2D eigenvalue weighted by Gasteiger charge is -2.04. The minimum Gasteiger partial charge on any atom is -0.400 e. The minimum absolute atomic E-state index is 0.194. The molecular formula is C9H24OS2. The third-order valence-corrected chi connectivity index (χ3v) is 0. The van der Waals surface area contributed by atoms with Crippen LogP contribution in [0.3, 0.4) is 0 Å². The summed E-state index contributed by atoms with van der Waals surface area (Å²) in [7, 11) is 1.00. The lowest BCUT2D eigenvalue weighted by atomic mass is 10.3. The zero-order valence-corrected chi connectivity index (χ0v) is 11.1. The molecule has 0 aliphatic heterocycles. The molecule has 0 unspecified atom stereocenters. The van der Waals surface area contributed by atoms with E-state index < -0.39 is 0 Å². The van der Waals surface area contributed by atoms with Gasteiger partial charge in [0.2, 0.25) is 0 Å². The zero-order chi connectivity index (χ0) is 11.0. The molecule has 0 spiro atoms. The van der Waals surface area contributed by atoms with E-state index in [1.54, 1.807) is 0 Å². The van der Waals surface area contributed by atoms with Crippen molar-refractivity contribution in [1.82, 2.24) is 0 Å². The fourth-order valence-electron chi connectivity index (χ4n) is 0. The van der Waals surface area contributed by atoms with Crippen LogP contribution < -0.4 is 0 Å². The van der Waals surface area contributed by atoms with Gasteiger partial charge in [-0.2, -0.15) is 25.3 Å². The Kier molecular flexibility index (Phi) is 12.7. The maximum Gasteiger partial charge on any atom is 0.0319 e. The highest BCUT2D eigenvalue weighted by atomic mass is 32.1. The molecule has 0 amide bonds. The molecule has 78 valence electrons. The molecule has 12 heavy (non-hydrogen) atoms. The summed E-state index contributed by atoms with van der Waals surface area (Å²) in [6, 6.07) is 0. The molecule has 1 N–H and O–H groups in total. The summed E-state index contributed by atoms with van der Waals surface area (Å²) in [5.74, 6) is 0. The molecule has 0 atom stereocenters. The van der Waals surface area contributed by atoms with Crippen LogP contribution in [-0.4, -0.2) is 21.7 Å². The molecule has 0 radical (unpaired) electrons. The van der Waals surface area contributed by atoms with Gasteiger partial charge in [-0.15, -0.1) is 0 Å². The van der Waals surface area contributed by atoms with Crippen LogP contribution in [0, 0.1) is 0 Å². The molecule has 0 rings (SSSR count). The minimum atomic E-state index is 0.194. The molecule has 0 fully saturated rings. The number of aliphatic hydroxyl groups is 1. The molecule has 1 nitrogen and oxygen atoms in total. The van der Waals surface area contributed by atoms with E-state index in [1.807, 2.05) is 0 Å². The van der Waals surface area contributed by atoms with E-state index in [0.29, 0.717) is 0 Å². The van der Waals surface area contributed by atoms with Gasteiger partial charge in [-0.25, -0.2) is 0 Å². The highest BCUT2D eigenvalue weighted by Crippen LogP contribution is 2.07. The molecule has 0 heterocycles. The Hall–Kier alpha value is 0.660. The molecule has 0 bridgehead atoms. The number of hydrogen-bond donors (Lipinski definition) is 3. The van der Waals surface area contributed by atoms with E-state index in [9.17, 15) is 0 Å². The van der Waals surface area contributed by atoms with Crippen LogP contribution in [0.4, 0.5) is 0 Å². The van der Waals surface area contributed by atoms with Crippen molar-refractivity contribution in [1.29, 1.82) is 0 Å². The van der Waals surface area contributed by atoms with Crippen molar-refractivity contribution >= 4 is 25.3 Å². The molecule has 0 aromatic heterocycles. The fraction of sp³-hybridized carbons (Fsp3) is 1.00. The molecule has 0 aliphatic carbocycles. The van der Waals surface area contributed by atoms with Crippen LogP contribution in [-0.2, 0) is 0 Å². The summed E-state index contributed by atoms with van der Waals surface area (Å²) >= 11 is 8.25. The van der Waals surface area contributed by atoms with Crippen molar-refractivity contribution in [3.8, 4) is 0 Å². The van der Waals surface area contributed by atoms with Gasteiger partial charge in [0, 0.05) is 16.6 Å². The number of rotatable bonds is 0. The predicted molar refractivity (Wildman–Crippen MR) is 65.6 cm³/mol. The second kappa shape index (κ2) is 8.27. The van der Waals surface area contributed by atoms with Gasteiger partial charge in [0.1, 0.15) is 0 Å². The maximum atomic E-state index is 7.00. The Morgan fingerprint density at radius 1 is 0.667 bits per heavy atom. The summed E-state index contributed by atoms with van der Waals surface area (Å²) in [4.78, 5) is 0. The zero-order valence-electron chi connectivity index (χ0n) is 9.34. The quantitative estimate of drug-likeness (QED) is 0.527. The first-order valence-corrected chi connectivity index (χ1v) is 4.79. The second-order valence-electron chi connectivity index (χ2n) is 4.34. The molecule has 0 saturated carbocycles. The number of thiol groups is 2. The first-order valence-electron chi connectivity index (χ1n) is 3.89. The van der Waals surface area contributed by atoms with Crippen LogP contribution in [0.2, 0.25) is 0 Å². The standard InChI is InChI=1S/2C4H10S.CH4O/c2*1-4(2,3)5;1-2/h2*5H,1-3H3;2H,1H3. The van der Waals surface area contributed by atoms with Crippen LogP contribution >= 0.6 is 25.3 Å². The van der Waals surface area contributed by atoms with Crippen molar-refractivity contribution in [2.45, 2.75) is 51.0 Å². The van der Waals surface area contributed by atoms with Crippen molar-refractivity contribution in [3.05, 3.63) is 0 Å². The molecule has 0 saturated heterocycles. The molecule has 0 aromatic carbocycles. The molecular weight excluding hydrogens is 188 g/mol. The summed E-state index contributed by atoms with van der Waals surface area (Å²) < 4.78 is 0.389. The monoisotopic (exact) mass is 212 g/mol. The van der Waals surface area contributed by atoms with Crippen LogP contribution in [0.1, 0.15) is 41.5 Å².